The first kappa shape index (κ1) is 15.1. The molecule has 2 rings (SSSR count). The lowest BCUT2D eigenvalue weighted by Crippen LogP contribution is -2.02. The Labute approximate surface area is 134 Å². The summed E-state index contributed by atoms with van der Waals surface area (Å²) in [4.78, 5) is 19.1. The zero-order chi connectivity index (χ0) is 14.9. The van der Waals surface area contributed by atoms with Crippen molar-refractivity contribution in [2.24, 2.45) is 0 Å². The molecule has 0 spiro atoms. The molecule has 0 aliphatic heterocycles. The van der Waals surface area contributed by atoms with Gasteiger partial charge in [0.25, 0.3) is 5.69 Å². The number of nitro groups is 1. The van der Waals surface area contributed by atoms with Gasteiger partial charge in [0.15, 0.2) is 5.82 Å². The highest BCUT2D eigenvalue weighted by Crippen LogP contribution is 2.29. The molecule has 0 bridgehead atoms. The lowest BCUT2D eigenvalue weighted by molar-refractivity contribution is -0.384. The van der Waals surface area contributed by atoms with E-state index in [-0.39, 0.29) is 11.6 Å². The third-order valence-electron chi connectivity index (χ3n) is 2.70. The van der Waals surface area contributed by atoms with Crippen molar-refractivity contribution < 1.29 is 4.92 Å². The third-order valence-corrected chi connectivity index (χ3v) is 4.35. The van der Waals surface area contributed by atoms with E-state index in [4.69, 9.17) is 11.6 Å². The molecule has 0 aliphatic carbocycles. The normalized spacial score (nSPS) is 10.8. The molecular formula is C13H11ClIN3O2. The first-order chi connectivity index (χ1) is 9.40. The number of nitro benzene ring substituents is 1. The molecule has 1 aromatic carbocycles. The minimum Gasteiger partial charge on any atom is -0.258 e. The summed E-state index contributed by atoms with van der Waals surface area (Å²) in [5.74, 6) is 0.600. The van der Waals surface area contributed by atoms with Crippen molar-refractivity contribution in [2.45, 2.75) is 19.8 Å². The molecule has 0 fully saturated rings. The van der Waals surface area contributed by atoms with Crippen LogP contribution in [0.3, 0.4) is 0 Å². The number of halogens is 2. The molecule has 5 nitrogen and oxygen atoms in total. The molecule has 2 aromatic rings. The summed E-state index contributed by atoms with van der Waals surface area (Å²) >= 11 is 8.23. The Balaban J connectivity index is 2.58. The largest absolute Gasteiger partial charge is 0.270 e. The second kappa shape index (κ2) is 6.01. The van der Waals surface area contributed by atoms with Gasteiger partial charge in [-0.1, -0.05) is 37.6 Å². The Morgan fingerprint density at radius 2 is 2.05 bits per heavy atom. The monoisotopic (exact) mass is 403 g/mol. The Morgan fingerprint density at radius 1 is 1.35 bits per heavy atom. The van der Waals surface area contributed by atoms with Crippen LogP contribution in [0.1, 0.15) is 25.5 Å². The van der Waals surface area contributed by atoms with Gasteiger partial charge in [-0.05, 0) is 28.5 Å². The lowest BCUT2D eigenvalue weighted by atomic mass is 10.1. The molecule has 20 heavy (non-hydrogen) atoms. The molecule has 0 aliphatic rings. The van der Waals surface area contributed by atoms with E-state index < -0.39 is 4.92 Å². The van der Waals surface area contributed by atoms with Gasteiger partial charge in [-0.15, -0.1) is 0 Å². The third kappa shape index (κ3) is 3.06. The molecule has 0 N–H and O–H groups in total. The fourth-order valence-corrected chi connectivity index (χ4v) is 2.75. The predicted octanol–water partition coefficient (Wildman–Crippen LogP) is 4.43. The van der Waals surface area contributed by atoms with Crippen LogP contribution in [0, 0.1) is 13.7 Å². The molecular weight excluding hydrogens is 393 g/mol. The number of benzene rings is 1. The van der Waals surface area contributed by atoms with Crippen LogP contribution < -0.4 is 0 Å². The first-order valence-corrected chi connectivity index (χ1v) is 7.33. The molecule has 0 saturated heterocycles. The molecule has 0 unspecified atom stereocenters. The fourth-order valence-electron chi connectivity index (χ4n) is 1.71. The summed E-state index contributed by atoms with van der Waals surface area (Å²) in [7, 11) is 0. The minimum atomic E-state index is -0.443. The Morgan fingerprint density at radius 3 is 2.65 bits per heavy atom. The van der Waals surface area contributed by atoms with E-state index in [9.17, 15) is 10.1 Å². The highest BCUT2D eigenvalue weighted by Gasteiger charge is 2.16. The first-order valence-electron chi connectivity index (χ1n) is 5.88. The molecule has 1 aromatic heterocycles. The molecule has 104 valence electrons. The van der Waals surface area contributed by atoms with Crippen molar-refractivity contribution in [1.29, 1.82) is 0 Å². The second-order valence-corrected chi connectivity index (χ2v) is 5.94. The quantitative estimate of drug-likeness (QED) is 0.329. The molecule has 0 saturated carbocycles. The summed E-state index contributed by atoms with van der Waals surface area (Å²) < 4.78 is 0.813. The van der Waals surface area contributed by atoms with E-state index in [0.29, 0.717) is 16.5 Å². The minimum absolute atomic E-state index is 0.00636. The van der Waals surface area contributed by atoms with Crippen molar-refractivity contribution in [3.63, 3.8) is 0 Å². The number of aromatic nitrogens is 2. The average molecular weight is 404 g/mol. The van der Waals surface area contributed by atoms with Crippen LogP contribution in [-0.4, -0.2) is 14.9 Å². The number of non-ortho nitro benzene ring substituents is 1. The van der Waals surface area contributed by atoms with Crippen LogP contribution in [0.4, 0.5) is 5.69 Å². The Hall–Kier alpha value is -1.28. The van der Waals surface area contributed by atoms with Gasteiger partial charge in [0.05, 0.1) is 14.2 Å². The fraction of sp³-hybridized carbons (Fsp3) is 0.231. The van der Waals surface area contributed by atoms with E-state index >= 15 is 0 Å². The van der Waals surface area contributed by atoms with Crippen LogP contribution in [0.5, 0.6) is 0 Å². The average Bonchev–Trinajstić information content (AvgIpc) is 2.41. The van der Waals surface area contributed by atoms with Crippen molar-refractivity contribution in [1.82, 2.24) is 9.97 Å². The summed E-state index contributed by atoms with van der Waals surface area (Å²) in [6.45, 7) is 4.02. The van der Waals surface area contributed by atoms with E-state index in [1.807, 2.05) is 13.8 Å². The van der Waals surface area contributed by atoms with Gasteiger partial charge in [-0.2, -0.15) is 0 Å². The number of rotatable bonds is 3. The van der Waals surface area contributed by atoms with E-state index in [1.165, 1.54) is 12.1 Å². The van der Waals surface area contributed by atoms with Crippen LogP contribution in [0.2, 0.25) is 5.15 Å². The van der Waals surface area contributed by atoms with E-state index in [0.717, 1.165) is 9.26 Å². The molecule has 1 heterocycles. The summed E-state index contributed by atoms with van der Waals surface area (Å²) in [5.41, 5.74) is 1.43. The highest BCUT2D eigenvalue weighted by molar-refractivity contribution is 14.1. The molecule has 7 heteroatoms. The molecule has 0 atom stereocenters. The number of hydrogen-bond donors (Lipinski definition) is 0. The van der Waals surface area contributed by atoms with Crippen molar-refractivity contribution in [2.75, 3.05) is 0 Å². The zero-order valence-electron chi connectivity index (χ0n) is 10.8. The summed E-state index contributed by atoms with van der Waals surface area (Å²) in [6, 6.07) is 6.22. The maximum atomic E-state index is 10.8. The van der Waals surface area contributed by atoms with Gasteiger partial charge in [0.2, 0.25) is 0 Å². The molecule has 0 radical (unpaired) electrons. The van der Waals surface area contributed by atoms with Gasteiger partial charge in [-0.25, -0.2) is 9.97 Å². The van der Waals surface area contributed by atoms with Gasteiger partial charge in [0.1, 0.15) is 5.15 Å². The van der Waals surface area contributed by atoms with Crippen LogP contribution >= 0.6 is 34.2 Å². The van der Waals surface area contributed by atoms with E-state index in [2.05, 4.69) is 32.6 Å². The maximum Gasteiger partial charge on any atom is 0.270 e. The topological polar surface area (TPSA) is 68.9 Å². The van der Waals surface area contributed by atoms with Crippen LogP contribution in [0.25, 0.3) is 11.4 Å². The van der Waals surface area contributed by atoms with Crippen LogP contribution in [0.15, 0.2) is 24.3 Å². The van der Waals surface area contributed by atoms with Gasteiger partial charge >= 0.3 is 0 Å². The summed E-state index contributed by atoms with van der Waals surface area (Å²) in [5, 5.41) is 11.2. The predicted molar refractivity (Wildman–Crippen MR) is 85.9 cm³/mol. The number of nitrogens with zero attached hydrogens (tertiary/aromatic N) is 3. The second-order valence-electron chi connectivity index (χ2n) is 4.50. The van der Waals surface area contributed by atoms with Crippen molar-refractivity contribution >= 4 is 39.9 Å². The Bertz CT molecular complexity index is 677. The maximum absolute atomic E-state index is 10.8. The standard InChI is InChI=1S/C13H11ClIN3O2/c1-7(2)11-10(15)12(14)17-13(16-11)8-4-3-5-9(6-8)18(19)20/h3-7H,1-2H3. The zero-order valence-corrected chi connectivity index (χ0v) is 13.7. The number of hydrogen-bond acceptors (Lipinski definition) is 4. The highest BCUT2D eigenvalue weighted by atomic mass is 127. The van der Waals surface area contributed by atoms with Gasteiger partial charge in [-0.3, -0.25) is 10.1 Å². The van der Waals surface area contributed by atoms with Gasteiger partial charge in [0, 0.05) is 17.7 Å². The SMILES string of the molecule is CC(C)c1nc(-c2cccc([N+](=O)[O-])c2)nc(Cl)c1I. The van der Waals surface area contributed by atoms with E-state index in [1.54, 1.807) is 12.1 Å². The molecule has 0 amide bonds. The lowest BCUT2D eigenvalue weighted by Gasteiger charge is -2.10. The van der Waals surface area contributed by atoms with Gasteiger partial charge < -0.3 is 0 Å². The van der Waals surface area contributed by atoms with Crippen LogP contribution in [-0.2, 0) is 0 Å². The Kier molecular flexibility index (Phi) is 4.54. The smallest absolute Gasteiger partial charge is 0.258 e. The van der Waals surface area contributed by atoms with Crippen molar-refractivity contribution in [3.8, 4) is 11.4 Å². The van der Waals surface area contributed by atoms with Crippen molar-refractivity contribution in [3.05, 3.63) is 48.8 Å². The summed E-state index contributed by atoms with van der Waals surface area (Å²) in [6.07, 6.45) is 0.